The van der Waals surface area contributed by atoms with Crippen molar-refractivity contribution in [1.82, 2.24) is 10.6 Å². The van der Waals surface area contributed by atoms with E-state index in [9.17, 15) is 0 Å². The largest absolute Gasteiger partial charge is 0.370 e. The zero-order valence-electron chi connectivity index (χ0n) is 6.64. The Labute approximate surface area is 61.9 Å². The van der Waals surface area contributed by atoms with Crippen LogP contribution >= 0.6 is 0 Å². The van der Waals surface area contributed by atoms with Crippen LogP contribution in [0.5, 0.6) is 0 Å². The number of hydrogen-bond donors (Lipinski definition) is 2. The van der Waals surface area contributed by atoms with Gasteiger partial charge in [-0.25, -0.2) is 0 Å². The highest BCUT2D eigenvalue weighted by atomic mass is 16.5. The van der Waals surface area contributed by atoms with Gasteiger partial charge in [0.15, 0.2) is 0 Å². The van der Waals surface area contributed by atoms with Crippen molar-refractivity contribution in [1.29, 1.82) is 0 Å². The maximum Gasteiger partial charge on any atom is 0.0961 e. The predicted octanol–water partition coefficient (Wildman–Crippen LogP) is -0.627. The minimum Gasteiger partial charge on any atom is -0.370 e. The lowest BCUT2D eigenvalue weighted by Gasteiger charge is -2.03. The van der Waals surface area contributed by atoms with E-state index in [0.29, 0.717) is 13.5 Å². The summed E-state index contributed by atoms with van der Waals surface area (Å²) in [5, 5.41) is 6.11. The molecule has 0 spiro atoms. The van der Waals surface area contributed by atoms with Gasteiger partial charge in [-0.3, -0.25) is 10.6 Å². The second-order valence-electron chi connectivity index (χ2n) is 1.87. The highest BCUT2D eigenvalue weighted by Crippen LogP contribution is 1.61. The van der Waals surface area contributed by atoms with E-state index in [1.54, 1.807) is 14.2 Å². The van der Waals surface area contributed by atoms with Crippen LogP contribution in [0.2, 0.25) is 0 Å². The molecule has 0 amide bonds. The average Bonchev–Trinajstić information content (AvgIpc) is 1.97. The third-order valence-corrected chi connectivity index (χ3v) is 0.971. The Balaban J connectivity index is 2.65. The molecule has 10 heavy (non-hydrogen) atoms. The second kappa shape index (κ2) is 8.84. The maximum atomic E-state index is 4.78. The minimum absolute atomic E-state index is 0.606. The molecule has 0 rings (SSSR count). The van der Waals surface area contributed by atoms with Crippen LogP contribution in [0.15, 0.2) is 0 Å². The molecule has 4 heteroatoms. The van der Waals surface area contributed by atoms with Crippen molar-refractivity contribution in [2.24, 2.45) is 0 Å². The van der Waals surface area contributed by atoms with E-state index in [0.717, 1.165) is 13.1 Å². The van der Waals surface area contributed by atoms with Crippen LogP contribution in [-0.2, 0) is 9.47 Å². The third-order valence-electron chi connectivity index (χ3n) is 0.971. The monoisotopic (exact) mass is 148 g/mol. The Kier molecular flexibility index (Phi) is 8.70. The van der Waals surface area contributed by atoms with Crippen LogP contribution < -0.4 is 10.6 Å². The number of ether oxygens (including phenoxy) is 2. The van der Waals surface area contributed by atoms with Gasteiger partial charge in [-0.05, 0) is 0 Å². The van der Waals surface area contributed by atoms with Gasteiger partial charge < -0.3 is 9.47 Å². The highest BCUT2D eigenvalue weighted by molar-refractivity contribution is 4.43. The van der Waals surface area contributed by atoms with Gasteiger partial charge >= 0.3 is 0 Å². The van der Waals surface area contributed by atoms with Crippen molar-refractivity contribution in [2.75, 3.05) is 40.8 Å². The lowest BCUT2D eigenvalue weighted by Crippen LogP contribution is -2.29. The molecule has 0 radical (unpaired) electrons. The molecule has 0 heterocycles. The fourth-order valence-electron chi connectivity index (χ4n) is 0.525. The summed E-state index contributed by atoms with van der Waals surface area (Å²) in [4.78, 5) is 0. The van der Waals surface area contributed by atoms with Crippen molar-refractivity contribution >= 4 is 0 Å². The van der Waals surface area contributed by atoms with Crippen molar-refractivity contribution in [3.8, 4) is 0 Å². The SMILES string of the molecule is COCNCCNCOC. The second-order valence-corrected chi connectivity index (χ2v) is 1.87. The molecule has 0 saturated heterocycles. The fourth-order valence-corrected chi connectivity index (χ4v) is 0.525. The van der Waals surface area contributed by atoms with E-state index in [-0.39, 0.29) is 0 Å². The van der Waals surface area contributed by atoms with Gasteiger partial charge in [0.2, 0.25) is 0 Å². The first kappa shape index (κ1) is 9.84. The average molecular weight is 148 g/mol. The molecule has 2 N–H and O–H groups in total. The van der Waals surface area contributed by atoms with Crippen LogP contribution in [0.1, 0.15) is 0 Å². The van der Waals surface area contributed by atoms with Gasteiger partial charge in [0.25, 0.3) is 0 Å². The molecule has 0 aromatic heterocycles. The van der Waals surface area contributed by atoms with Gasteiger partial charge in [0.05, 0.1) is 13.5 Å². The Morgan fingerprint density at radius 3 is 1.60 bits per heavy atom. The first-order valence-corrected chi connectivity index (χ1v) is 3.31. The fraction of sp³-hybridized carbons (Fsp3) is 1.00. The minimum atomic E-state index is 0.606. The molecule has 0 saturated carbocycles. The van der Waals surface area contributed by atoms with Crippen LogP contribution in [-0.4, -0.2) is 40.8 Å². The molecular weight excluding hydrogens is 132 g/mol. The molecule has 0 fully saturated rings. The van der Waals surface area contributed by atoms with E-state index >= 15 is 0 Å². The van der Waals surface area contributed by atoms with E-state index in [1.807, 2.05) is 0 Å². The van der Waals surface area contributed by atoms with Crippen molar-refractivity contribution in [3.63, 3.8) is 0 Å². The number of rotatable bonds is 7. The molecule has 0 aromatic rings. The van der Waals surface area contributed by atoms with Crippen LogP contribution in [0.25, 0.3) is 0 Å². The standard InChI is InChI=1S/C6H16N2O2/c1-9-5-7-3-4-8-6-10-2/h7-8H,3-6H2,1-2H3. The molecule has 0 aliphatic rings. The van der Waals surface area contributed by atoms with E-state index in [1.165, 1.54) is 0 Å². The smallest absolute Gasteiger partial charge is 0.0961 e. The van der Waals surface area contributed by atoms with E-state index in [2.05, 4.69) is 10.6 Å². The third kappa shape index (κ3) is 7.84. The van der Waals surface area contributed by atoms with Gasteiger partial charge in [-0.1, -0.05) is 0 Å². The molecule has 4 nitrogen and oxygen atoms in total. The summed E-state index contributed by atoms with van der Waals surface area (Å²) < 4.78 is 9.56. The normalized spacial score (nSPS) is 10.2. The molecule has 0 unspecified atom stereocenters. The van der Waals surface area contributed by atoms with E-state index < -0.39 is 0 Å². The lowest BCUT2D eigenvalue weighted by atomic mass is 10.6. The molecule has 0 aliphatic carbocycles. The maximum absolute atomic E-state index is 4.78. The van der Waals surface area contributed by atoms with Gasteiger partial charge in [-0.15, -0.1) is 0 Å². The number of hydrogen-bond acceptors (Lipinski definition) is 4. The molecule has 62 valence electrons. The van der Waals surface area contributed by atoms with Crippen molar-refractivity contribution < 1.29 is 9.47 Å². The Hall–Kier alpha value is -0.160. The molecule has 0 aromatic carbocycles. The van der Waals surface area contributed by atoms with Crippen molar-refractivity contribution in [3.05, 3.63) is 0 Å². The molecular formula is C6H16N2O2. The summed E-state index contributed by atoms with van der Waals surface area (Å²) in [5.41, 5.74) is 0. The molecule has 0 aliphatic heterocycles. The molecule has 0 atom stereocenters. The lowest BCUT2D eigenvalue weighted by molar-refractivity contribution is 0.164. The Morgan fingerprint density at radius 2 is 1.30 bits per heavy atom. The Morgan fingerprint density at radius 1 is 0.900 bits per heavy atom. The summed E-state index contributed by atoms with van der Waals surface area (Å²) in [6.07, 6.45) is 0. The summed E-state index contributed by atoms with van der Waals surface area (Å²) in [5.74, 6) is 0. The number of nitrogens with one attached hydrogen (secondary N) is 2. The first-order valence-electron chi connectivity index (χ1n) is 3.31. The van der Waals surface area contributed by atoms with Gasteiger partial charge in [-0.2, -0.15) is 0 Å². The highest BCUT2D eigenvalue weighted by Gasteiger charge is 1.83. The molecule has 0 bridgehead atoms. The number of methoxy groups -OCH3 is 2. The van der Waals surface area contributed by atoms with Crippen LogP contribution in [0, 0.1) is 0 Å². The van der Waals surface area contributed by atoms with Crippen LogP contribution in [0.4, 0.5) is 0 Å². The summed E-state index contributed by atoms with van der Waals surface area (Å²) in [7, 11) is 3.32. The first-order chi connectivity index (χ1) is 4.91. The van der Waals surface area contributed by atoms with Crippen molar-refractivity contribution in [2.45, 2.75) is 0 Å². The summed E-state index contributed by atoms with van der Waals surface area (Å²) in [6, 6.07) is 0. The quantitative estimate of drug-likeness (QED) is 0.373. The van der Waals surface area contributed by atoms with E-state index in [4.69, 9.17) is 9.47 Å². The summed E-state index contributed by atoms with van der Waals surface area (Å²) in [6.45, 7) is 3.01. The van der Waals surface area contributed by atoms with Gasteiger partial charge in [0, 0.05) is 27.3 Å². The topological polar surface area (TPSA) is 42.5 Å². The van der Waals surface area contributed by atoms with Crippen LogP contribution in [0.3, 0.4) is 0 Å². The Bertz CT molecular complexity index is 53.7. The zero-order chi connectivity index (χ0) is 7.66. The van der Waals surface area contributed by atoms with Gasteiger partial charge in [0.1, 0.15) is 0 Å². The zero-order valence-corrected chi connectivity index (χ0v) is 6.64. The predicted molar refractivity (Wildman–Crippen MR) is 39.8 cm³/mol. The summed E-state index contributed by atoms with van der Waals surface area (Å²) >= 11 is 0.